The van der Waals surface area contributed by atoms with Gasteiger partial charge in [0, 0.05) is 37.1 Å². The largest absolute Gasteiger partial charge is 0.365 e. The second kappa shape index (κ2) is 8.35. The van der Waals surface area contributed by atoms with Gasteiger partial charge in [0.1, 0.15) is 23.0 Å². The first-order valence-corrected chi connectivity index (χ1v) is 11.1. The number of nitrogens with one attached hydrogen (secondary N) is 1. The highest BCUT2D eigenvalue weighted by Crippen LogP contribution is 2.26. The van der Waals surface area contributed by atoms with E-state index in [2.05, 4.69) is 15.3 Å². The summed E-state index contributed by atoms with van der Waals surface area (Å²) in [5.41, 5.74) is 2.11. The van der Waals surface area contributed by atoms with Crippen LogP contribution in [0.25, 0.3) is 17.2 Å². The lowest BCUT2D eigenvalue weighted by Crippen LogP contribution is -2.49. The number of likely N-dealkylation sites (tertiary alicyclic amines) is 1. The zero-order valence-electron chi connectivity index (χ0n) is 18.9. The van der Waals surface area contributed by atoms with Crippen molar-refractivity contribution in [1.82, 2.24) is 24.3 Å². The lowest BCUT2D eigenvalue weighted by atomic mass is 10.0. The van der Waals surface area contributed by atoms with Crippen molar-refractivity contribution in [2.75, 3.05) is 25.0 Å². The van der Waals surface area contributed by atoms with Crippen LogP contribution in [-0.2, 0) is 14.3 Å². The number of halogens is 1. The van der Waals surface area contributed by atoms with Crippen LogP contribution in [0.3, 0.4) is 0 Å². The summed E-state index contributed by atoms with van der Waals surface area (Å²) in [5, 5.41) is 3.48. The quantitative estimate of drug-likeness (QED) is 0.648. The maximum absolute atomic E-state index is 13.8. The van der Waals surface area contributed by atoms with Crippen LogP contribution in [0.15, 0.2) is 30.7 Å². The van der Waals surface area contributed by atoms with Gasteiger partial charge in [-0.15, -0.1) is 0 Å². The molecule has 10 heteroatoms. The lowest BCUT2D eigenvalue weighted by Gasteiger charge is -2.34. The first-order chi connectivity index (χ1) is 15.8. The number of carbonyl (C=O) groups is 1. The molecule has 2 fully saturated rings. The normalized spacial score (nSPS) is 22.6. The Kier molecular flexibility index (Phi) is 5.49. The predicted octanol–water partition coefficient (Wildman–Crippen LogP) is 2.79. The minimum Gasteiger partial charge on any atom is -0.365 e. The van der Waals surface area contributed by atoms with E-state index in [0.717, 1.165) is 18.4 Å². The molecular weight excluding hydrogens is 427 g/mol. The van der Waals surface area contributed by atoms with E-state index in [4.69, 9.17) is 14.5 Å². The first kappa shape index (κ1) is 21.7. The van der Waals surface area contributed by atoms with Crippen LogP contribution in [0.1, 0.15) is 32.3 Å². The molecule has 0 aromatic carbocycles. The zero-order chi connectivity index (χ0) is 23.2. The van der Waals surface area contributed by atoms with E-state index >= 15 is 0 Å². The summed E-state index contributed by atoms with van der Waals surface area (Å²) < 4.78 is 26.7. The molecule has 5 heterocycles. The van der Waals surface area contributed by atoms with Gasteiger partial charge in [-0.3, -0.25) is 9.20 Å². The van der Waals surface area contributed by atoms with Crippen LogP contribution in [0.5, 0.6) is 0 Å². The van der Waals surface area contributed by atoms with Crippen molar-refractivity contribution in [3.05, 3.63) is 42.1 Å². The van der Waals surface area contributed by atoms with Gasteiger partial charge in [0.25, 0.3) is 5.91 Å². The summed E-state index contributed by atoms with van der Waals surface area (Å²) in [7, 11) is 0. The Morgan fingerprint density at radius 3 is 2.91 bits per heavy atom. The van der Waals surface area contributed by atoms with Gasteiger partial charge < -0.3 is 19.7 Å². The number of hydrogen-bond acceptors (Lipinski definition) is 7. The number of aromatic nitrogens is 4. The van der Waals surface area contributed by atoms with E-state index in [0.29, 0.717) is 36.1 Å². The van der Waals surface area contributed by atoms with Crippen molar-refractivity contribution in [2.24, 2.45) is 0 Å². The molecule has 2 aliphatic heterocycles. The summed E-state index contributed by atoms with van der Waals surface area (Å²) in [6, 6.07) is 3.02. The number of rotatable bonds is 4. The third-order valence-electron chi connectivity index (χ3n) is 6.03. The second-order valence-electron chi connectivity index (χ2n) is 9.03. The van der Waals surface area contributed by atoms with Crippen LogP contribution in [-0.4, -0.2) is 67.8 Å². The Balaban J connectivity index is 1.33. The summed E-state index contributed by atoms with van der Waals surface area (Å²) in [5.74, 6) is -0.00162. The first-order valence-electron chi connectivity index (χ1n) is 11.1. The predicted molar refractivity (Wildman–Crippen MR) is 119 cm³/mol. The summed E-state index contributed by atoms with van der Waals surface area (Å²) in [6.45, 7) is 7.08. The maximum atomic E-state index is 13.8. The number of anilines is 1. The molecule has 2 saturated heterocycles. The molecule has 5 rings (SSSR count). The molecule has 9 nitrogen and oxygen atoms in total. The Morgan fingerprint density at radius 2 is 2.12 bits per heavy atom. The van der Waals surface area contributed by atoms with Crippen molar-refractivity contribution in [1.29, 1.82) is 0 Å². The second-order valence-corrected chi connectivity index (χ2v) is 9.03. The Morgan fingerprint density at radius 1 is 1.27 bits per heavy atom. The highest BCUT2D eigenvalue weighted by atomic mass is 19.1. The minimum absolute atomic E-state index is 0.0408. The molecule has 0 radical (unpaired) electrons. The molecule has 0 saturated carbocycles. The van der Waals surface area contributed by atoms with Crippen molar-refractivity contribution in [2.45, 2.75) is 51.5 Å². The number of nitrogens with zero attached hydrogens (tertiary/aromatic N) is 5. The van der Waals surface area contributed by atoms with E-state index in [-0.39, 0.29) is 24.4 Å². The van der Waals surface area contributed by atoms with Crippen LogP contribution in [0.4, 0.5) is 10.2 Å². The van der Waals surface area contributed by atoms with Crippen molar-refractivity contribution < 1.29 is 18.7 Å². The highest BCUT2D eigenvalue weighted by molar-refractivity contribution is 5.81. The summed E-state index contributed by atoms with van der Waals surface area (Å²) >= 11 is 0. The molecule has 2 unspecified atom stereocenters. The van der Waals surface area contributed by atoms with Crippen LogP contribution >= 0.6 is 0 Å². The number of imidazole rings is 1. The fraction of sp³-hybridized carbons (Fsp3) is 0.478. The van der Waals surface area contributed by atoms with Gasteiger partial charge >= 0.3 is 0 Å². The Bertz CT molecular complexity index is 1200. The van der Waals surface area contributed by atoms with Gasteiger partial charge in [-0.25, -0.2) is 19.3 Å². The fourth-order valence-electron chi connectivity index (χ4n) is 4.33. The molecule has 33 heavy (non-hydrogen) atoms. The summed E-state index contributed by atoms with van der Waals surface area (Å²) in [4.78, 5) is 28.2. The van der Waals surface area contributed by atoms with Crippen molar-refractivity contribution in [3.8, 4) is 11.5 Å². The van der Waals surface area contributed by atoms with Gasteiger partial charge in [0.2, 0.25) is 0 Å². The number of pyridine rings is 1. The number of carbonyl (C=O) groups excluding carboxylic acids is 1. The molecule has 2 aliphatic rings. The van der Waals surface area contributed by atoms with Crippen LogP contribution in [0, 0.1) is 12.7 Å². The molecule has 2 atom stereocenters. The molecular formula is C23H27FN6O3. The van der Waals surface area contributed by atoms with E-state index in [1.807, 2.05) is 25.7 Å². The van der Waals surface area contributed by atoms with E-state index in [1.54, 1.807) is 22.9 Å². The molecule has 0 aliphatic carbocycles. The number of ether oxygens (including phenoxy) is 2. The van der Waals surface area contributed by atoms with Gasteiger partial charge in [-0.2, -0.15) is 0 Å². The molecule has 174 valence electrons. The van der Waals surface area contributed by atoms with Crippen molar-refractivity contribution >= 4 is 17.4 Å². The average Bonchev–Trinajstić information content (AvgIpc) is 3.37. The third-order valence-corrected chi connectivity index (χ3v) is 6.03. The maximum Gasteiger partial charge on any atom is 0.254 e. The average molecular weight is 455 g/mol. The number of aryl methyl sites for hydroxylation is 1. The Labute approximate surface area is 190 Å². The number of fused-ring (bicyclic) bond motifs is 1. The van der Waals surface area contributed by atoms with Gasteiger partial charge in [0.15, 0.2) is 17.7 Å². The van der Waals surface area contributed by atoms with Gasteiger partial charge in [-0.1, -0.05) is 0 Å². The SMILES string of the molecule is Cc1cnc(-c2cnc3ccc(F)cn23)nc1NC1CCCN(C(=O)C2COC(C)(C)O2)C1. The monoisotopic (exact) mass is 454 g/mol. The number of hydrogen-bond donors (Lipinski definition) is 1. The molecule has 0 bridgehead atoms. The van der Waals surface area contributed by atoms with Crippen molar-refractivity contribution in [3.63, 3.8) is 0 Å². The minimum atomic E-state index is -0.733. The van der Waals surface area contributed by atoms with Gasteiger partial charge in [-0.05, 0) is 45.7 Å². The molecule has 3 aromatic rings. The standard InChI is InChI=1S/C23H27FN6O3/c1-14-9-26-21(17-10-25-19-7-6-15(24)11-30(17)19)28-20(14)27-16-5-4-8-29(12-16)22(31)18-13-32-23(2,3)33-18/h6-7,9-11,16,18H,4-5,8,12-13H2,1-3H3,(H,26,27,28). The van der Waals surface area contributed by atoms with Gasteiger partial charge in [0.05, 0.1) is 12.8 Å². The van der Waals surface area contributed by atoms with Crippen LogP contribution < -0.4 is 5.32 Å². The molecule has 3 aromatic heterocycles. The Hall–Kier alpha value is -3.11. The topological polar surface area (TPSA) is 93.9 Å². The summed E-state index contributed by atoms with van der Waals surface area (Å²) in [6.07, 6.45) is 5.97. The third kappa shape index (κ3) is 4.40. The molecule has 0 spiro atoms. The van der Waals surface area contributed by atoms with Crippen LogP contribution in [0.2, 0.25) is 0 Å². The molecule has 1 amide bonds. The zero-order valence-corrected chi connectivity index (χ0v) is 18.9. The fourth-order valence-corrected chi connectivity index (χ4v) is 4.33. The molecule has 1 N–H and O–H groups in total. The van der Waals surface area contributed by atoms with E-state index in [9.17, 15) is 9.18 Å². The lowest BCUT2D eigenvalue weighted by molar-refractivity contribution is -0.160. The number of amides is 1. The highest BCUT2D eigenvalue weighted by Gasteiger charge is 2.39. The number of piperidine rings is 1. The van der Waals surface area contributed by atoms with E-state index in [1.165, 1.54) is 12.3 Å². The van der Waals surface area contributed by atoms with E-state index < -0.39 is 11.9 Å². The smallest absolute Gasteiger partial charge is 0.254 e.